The summed E-state index contributed by atoms with van der Waals surface area (Å²) in [6.45, 7) is 0. The molecule has 0 heterocycles. The zero-order valence-corrected chi connectivity index (χ0v) is 6.53. The van der Waals surface area contributed by atoms with E-state index in [0.717, 1.165) is 0 Å². The molecule has 0 amide bonds. The fraction of sp³-hybridized carbons (Fsp3) is 0. The molecule has 0 saturated heterocycles. The van der Waals surface area contributed by atoms with E-state index in [1.807, 2.05) is 0 Å². The predicted octanol–water partition coefficient (Wildman–Crippen LogP) is -0.0422. The Labute approximate surface area is 64.8 Å². The van der Waals surface area contributed by atoms with Crippen molar-refractivity contribution < 1.29 is 43.3 Å². The second-order valence-electron chi connectivity index (χ2n) is 0.224. The van der Waals surface area contributed by atoms with Gasteiger partial charge in [0.1, 0.15) is 0 Å². The Hall–Kier alpha value is 0.224. The van der Waals surface area contributed by atoms with Gasteiger partial charge in [0.15, 0.2) is 0 Å². The smallest absolute Gasteiger partial charge is 0.870 e. The van der Waals surface area contributed by atoms with E-state index in [-0.39, 0.29) is 44.3 Å². The number of quaternary nitrogens is 1. The van der Waals surface area contributed by atoms with Crippen molar-refractivity contribution in [1.29, 1.82) is 0 Å². The van der Waals surface area contributed by atoms with Crippen LogP contribution in [0, 0.1) is 15.3 Å². The fourth-order valence-electron chi connectivity index (χ4n) is 0. The van der Waals surface area contributed by atoms with Crippen LogP contribution in [0.3, 0.4) is 0 Å². The average Bonchev–Trinajstić information content (AvgIpc) is 0.811. The van der Waals surface area contributed by atoms with Crippen molar-refractivity contribution in [3.63, 3.8) is 0 Å². The van der Waals surface area contributed by atoms with E-state index in [2.05, 4.69) is 0 Å². The summed E-state index contributed by atoms with van der Waals surface area (Å²) in [6.07, 6.45) is 0. The van der Waals surface area contributed by atoms with Crippen LogP contribution in [0.5, 0.6) is 0 Å². The fourth-order valence-corrected chi connectivity index (χ4v) is 0. The first kappa shape index (κ1) is 26.9. The van der Waals surface area contributed by atoms with Gasteiger partial charge in [0.2, 0.25) is 0 Å². The SMILES string of the molecule is O=[N+]([O-])[O-].[NH4+].[OH-].[Y+]. The Bertz CT molecular complexity index is 32.7. The molecule has 0 aromatic carbocycles. The van der Waals surface area contributed by atoms with Gasteiger partial charge in [-0.3, -0.25) is 0 Å². The zero-order valence-electron chi connectivity index (χ0n) is 3.70. The summed E-state index contributed by atoms with van der Waals surface area (Å²) in [4.78, 5) is 8.25. The van der Waals surface area contributed by atoms with E-state index < -0.39 is 5.09 Å². The van der Waals surface area contributed by atoms with Crippen molar-refractivity contribution in [1.82, 2.24) is 6.15 Å². The minimum absolute atomic E-state index is 0. The molecular weight excluding hydrogens is 181 g/mol. The van der Waals surface area contributed by atoms with Crippen LogP contribution in [0.2, 0.25) is 0 Å². The maximum atomic E-state index is 8.25. The van der Waals surface area contributed by atoms with Crippen LogP contribution >= 0.6 is 0 Å². The number of rotatable bonds is 0. The standard InChI is InChI=1S/NO3.H3N.H2O.Y/c2-1(3)4;;;/h;1H3;1H2;/q-1;;;+1. The summed E-state index contributed by atoms with van der Waals surface area (Å²) in [5, 5.41) is 14.8. The second kappa shape index (κ2) is 16.3. The van der Waals surface area contributed by atoms with Crippen molar-refractivity contribution in [2.45, 2.75) is 0 Å². The Balaban J connectivity index is -0.0000000150. The molecule has 0 unspecified atom stereocenters. The van der Waals surface area contributed by atoms with Crippen molar-refractivity contribution in [3.8, 4) is 0 Å². The van der Waals surface area contributed by atoms with Gasteiger partial charge in [0.05, 0.1) is 5.09 Å². The van der Waals surface area contributed by atoms with Gasteiger partial charge in [-0.15, -0.1) is 0 Å². The Morgan fingerprint density at radius 1 is 1.29 bits per heavy atom. The molecule has 6 nitrogen and oxygen atoms in total. The first-order chi connectivity index (χ1) is 1.73. The zero-order chi connectivity index (χ0) is 3.58. The summed E-state index contributed by atoms with van der Waals surface area (Å²) in [7, 11) is 0. The van der Waals surface area contributed by atoms with Crippen LogP contribution in [0.25, 0.3) is 0 Å². The number of hydrogen-bond acceptors (Lipinski definition) is 4. The van der Waals surface area contributed by atoms with Gasteiger partial charge >= 0.3 is 32.7 Å². The average molecular weight is 186 g/mol. The van der Waals surface area contributed by atoms with Gasteiger partial charge in [-0.05, 0) is 0 Å². The molecule has 0 aliphatic heterocycles. The summed E-state index contributed by atoms with van der Waals surface area (Å²) in [6, 6.07) is 0. The Kier molecular flexibility index (Phi) is 62.9. The van der Waals surface area contributed by atoms with Crippen LogP contribution in [0.4, 0.5) is 0 Å². The third kappa shape index (κ3) is 2220. The largest absolute Gasteiger partial charge is 1.00 e. The van der Waals surface area contributed by atoms with E-state index in [9.17, 15) is 0 Å². The molecule has 0 radical (unpaired) electrons. The van der Waals surface area contributed by atoms with Gasteiger partial charge < -0.3 is 26.9 Å². The van der Waals surface area contributed by atoms with E-state index in [1.165, 1.54) is 0 Å². The van der Waals surface area contributed by atoms with Crippen molar-refractivity contribution in [2.24, 2.45) is 0 Å². The Morgan fingerprint density at radius 3 is 1.29 bits per heavy atom. The second-order valence-corrected chi connectivity index (χ2v) is 0.224. The minimum atomic E-state index is -1.75. The molecule has 0 aromatic heterocycles. The summed E-state index contributed by atoms with van der Waals surface area (Å²) in [5.74, 6) is 0. The third-order valence-corrected chi connectivity index (χ3v) is 0. The molecule has 7 heteroatoms. The maximum Gasteiger partial charge on any atom is 1.00 e. The van der Waals surface area contributed by atoms with Crippen LogP contribution in [-0.2, 0) is 32.7 Å². The first-order valence-corrected chi connectivity index (χ1v) is 0.548. The van der Waals surface area contributed by atoms with Gasteiger partial charge in [0.25, 0.3) is 0 Å². The van der Waals surface area contributed by atoms with Gasteiger partial charge in [0, 0.05) is 0 Å². The molecule has 0 rings (SSSR count). The molecule has 0 fully saturated rings. The van der Waals surface area contributed by atoms with Crippen LogP contribution in [0.1, 0.15) is 0 Å². The monoisotopic (exact) mass is 186 g/mol. The van der Waals surface area contributed by atoms with E-state index >= 15 is 0 Å². The molecule has 0 aromatic rings. The molecule has 0 saturated carbocycles. The number of hydrogen-bond donors (Lipinski definition) is 1. The normalized spacial score (nSPS) is 3.43. The van der Waals surface area contributed by atoms with Crippen LogP contribution < -0.4 is 6.15 Å². The van der Waals surface area contributed by atoms with E-state index in [1.54, 1.807) is 0 Å². The first-order valence-electron chi connectivity index (χ1n) is 0.548. The molecule has 5 N–H and O–H groups in total. The van der Waals surface area contributed by atoms with Crippen LogP contribution in [0.15, 0.2) is 0 Å². The molecule has 0 spiro atoms. The molecule has 7 heavy (non-hydrogen) atoms. The van der Waals surface area contributed by atoms with E-state index in [4.69, 9.17) is 15.3 Å². The van der Waals surface area contributed by atoms with E-state index in [0.29, 0.717) is 0 Å². The molecule has 42 valence electrons. The third-order valence-electron chi connectivity index (χ3n) is 0. The summed E-state index contributed by atoms with van der Waals surface area (Å²) in [5.41, 5.74) is 0. The van der Waals surface area contributed by atoms with Gasteiger partial charge in [-0.2, -0.15) is 0 Å². The van der Waals surface area contributed by atoms with Crippen molar-refractivity contribution in [2.75, 3.05) is 0 Å². The van der Waals surface area contributed by atoms with Crippen molar-refractivity contribution in [3.05, 3.63) is 15.3 Å². The summed E-state index contributed by atoms with van der Waals surface area (Å²) >= 11 is 0. The molecule has 0 atom stereocenters. The van der Waals surface area contributed by atoms with Gasteiger partial charge in [-0.1, -0.05) is 0 Å². The summed E-state index contributed by atoms with van der Waals surface area (Å²) < 4.78 is 0. The molecular formula is H5N2O4Y. The molecule has 0 bridgehead atoms. The molecule has 0 aliphatic rings. The predicted molar refractivity (Wildman–Crippen MR) is 18.3 cm³/mol. The van der Waals surface area contributed by atoms with Crippen molar-refractivity contribution >= 4 is 0 Å². The maximum absolute atomic E-state index is 8.25. The van der Waals surface area contributed by atoms with Gasteiger partial charge in [-0.25, -0.2) is 0 Å². The van der Waals surface area contributed by atoms with Crippen LogP contribution in [-0.4, -0.2) is 10.6 Å². The Morgan fingerprint density at radius 2 is 1.29 bits per heavy atom. The molecule has 0 aliphatic carbocycles. The number of nitrogens with zero attached hydrogens (tertiary/aromatic N) is 1. The topological polar surface area (TPSA) is 133 Å². The quantitative estimate of drug-likeness (QED) is 0.419. The minimum Gasteiger partial charge on any atom is -0.870 e.